The van der Waals surface area contributed by atoms with Crippen molar-refractivity contribution < 1.29 is 9.90 Å². The van der Waals surface area contributed by atoms with E-state index in [0.717, 1.165) is 18.4 Å². The molecule has 0 bridgehead atoms. The van der Waals surface area contributed by atoms with Crippen molar-refractivity contribution in [1.29, 1.82) is 0 Å². The van der Waals surface area contributed by atoms with Gasteiger partial charge in [0.2, 0.25) is 5.91 Å². The van der Waals surface area contributed by atoms with E-state index in [0.29, 0.717) is 11.1 Å². The lowest BCUT2D eigenvalue weighted by molar-refractivity contribution is -0.120. The minimum atomic E-state index is -0.00918. The standard InChI is InChI=1S/C11H12ClNO2/c12-10-6-9(14)4-1-7(10)5-11(15)13-8-2-3-8/h1,4,6,8,14H,2-3,5H2,(H,13,15). The molecule has 0 saturated heterocycles. The second kappa shape index (κ2) is 4.11. The molecular weight excluding hydrogens is 214 g/mol. The van der Waals surface area contributed by atoms with Gasteiger partial charge >= 0.3 is 0 Å². The predicted octanol–water partition coefficient (Wildman–Crippen LogP) is 1.87. The Kier molecular flexibility index (Phi) is 2.82. The summed E-state index contributed by atoms with van der Waals surface area (Å²) >= 11 is 5.89. The van der Waals surface area contributed by atoms with Crippen LogP contribution in [-0.2, 0) is 11.2 Å². The summed E-state index contributed by atoms with van der Waals surface area (Å²) in [6, 6.07) is 5.02. The highest BCUT2D eigenvalue weighted by atomic mass is 35.5. The molecule has 0 radical (unpaired) electrons. The molecule has 1 aromatic rings. The minimum absolute atomic E-state index is 0.00918. The molecule has 0 atom stereocenters. The number of hydrogen-bond donors (Lipinski definition) is 2. The van der Waals surface area contributed by atoms with Crippen LogP contribution >= 0.6 is 11.6 Å². The molecule has 15 heavy (non-hydrogen) atoms. The van der Waals surface area contributed by atoms with E-state index < -0.39 is 0 Å². The van der Waals surface area contributed by atoms with E-state index in [1.54, 1.807) is 6.07 Å². The number of benzene rings is 1. The van der Waals surface area contributed by atoms with Crippen molar-refractivity contribution in [1.82, 2.24) is 5.32 Å². The third-order valence-electron chi connectivity index (χ3n) is 2.33. The lowest BCUT2D eigenvalue weighted by Crippen LogP contribution is -2.27. The molecule has 1 fully saturated rings. The van der Waals surface area contributed by atoms with Crippen LogP contribution in [0.2, 0.25) is 5.02 Å². The van der Waals surface area contributed by atoms with Gasteiger partial charge in [0.15, 0.2) is 0 Å². The van der Waals surface area contributed by atoms with Crippen LogP contribution in [0.15, 0.2) is 18.2 Å². The van der Waals surface area contributed by atoms with Crippen LogP contribution in [0.4, 0.5) is 0 Å². The van der Waals surface area contributed by atoms with Gasteiger partial charge in [-0.25, -0.2) is 0 Å². The summed E-state index contributed by atoms with van der Waals surface area (Å²) < 4.78 is 0. The number of amides is 1. The maximum absolute atomic E-state index is 11.5. The number of hydrogen-bond acceptors (Lipinski definition) is 2. The zero-order valence-corrected chi connectivity index (χ0v) is 8.92. The van der Waals surface area contributed by atoms with Gasteiger partial charge in [-0.05, 0) is 30.5 Å². The average Bonchev–Trinajstić information content (AvgIpc) is 2.94. The average molecular weight is 226 g/mol. The molecule has 1 saturated carbocycles. The normalized spacial score (nSPS) is 15.0. The second-order valence-corrected chi connectivity index (χ2v) is 4.20. The molecule has 1 amide bonds. The lowest BCUT2D eigenvalue weighted by atomic mass is 10.1. The fourth-order valence-electron chi connectivity index (χ4n) is 1.36. The van der Waals surface area contributed by atoms with Crippen molar-refractivity contribution in [2.45, 2.75) is 25.3 Å². The molecule has 0 unspecified atom stereocenters. The topological polar surface area (TPSA) is 49.3 Å². The van der Waals surface area contributed by atoms with Crippen molar-refractivity contribution in [3.8, 4) is 5.75 Å². The molecule has 3 nitrogen and oxygen atoms in total. The molecule has 1 aliphatic carbocycles. The Hall–Kier alpha value is -1.22. The Labute approximate surface area is 93.1 Å². The molecule has 1 aliphatic rings. The van der Waals surface area contributed by atoms with Crippen LogP contribution in [0.5, 0.6) is 5.75 Å². The molecule has 0 aromatic heterocycles. The molecule has 4 heteroatoms. The molecule has 1 aromatic carbocycles. The smallest absolute Gasteiger partial charge is 0.224 e. The van der Waals surface area contributed by atoms with Gasteiger partial charge in [-0.2, -0.15) is 0 Å². The Morgan fingerprint density at radius 1 is 1.53 bits per heavy atom. The summed E-state index contributed by atoms with van der Waals surface area (Å²) in [4.78, 5) is 11.5. The first-order valence-corrected chi connectivity index (χ1v) is 5.29. The monoisotopic (exact) mass is 225 g/mol. The SMILES string of the molecule is O=C(Cc1ccc(O)cc1Cl)NC1CC1. The summed E-state index contributed by atoms with van der Waals surface area (Å²) in [5.74, 6) is 0.108. The van der Waals surface area contributed by atoms with Gasteiger partial charge in [0.1, 0.15) is 5.75 Å². The first-order chi connectivity index (χ1) is 7.15. The molecule has 80 valence electrons. The number of halogens is 1. The van der Waals surface area contributed by atoms with Gasteiger partial charge in [0.05, 0.1) is 6.42 Å². The molecule has 0 heterocycles. The summed E-state index contributed by atoms with van der Waals surface area (Å²) in [6.45, 7) is 0. The second-order valence-electron chi connectivity index (χ2n) is 3.79. The van der Waals surface area contributed by atoms with E-state index in [4.69, 9.17) is 16.7 Å². The van der Waals surface area contributed by atoms with Crippen molar-refractivity contribution in [3.05, 3.63) is 28.8 Å². The van der Waals surface area contributed by atoms with Gasteiger partial charge in [-0.1, -0.05) is 17.7 Å². The fourth-order valence-corrected chi connectivity index (χ4v) is 1.60. The van der Waals surface area contributed by atoms with Gasteiger partial charge in [-0.3, -0.25) is 4.79 Å². The van der Waals surface area contributed by atoms with Crippen molar-refractivity contribution in [3.63, 3.8) is 0 Å². The van der Waals surface area contributed by atoms with Gasteiger partial charge < -0.3 is 10.4 Å². The van der Waals surface area contributed by atoms with Gasteiger partial charge in [-0.15, -0.1) is 0 Å². The van der Waals surface area contributed by atoms with E-state index in [1.165, 1.54) is 12.1 Å². The fraction of sp³-hybridized carbons (Fsp3) is 0.364. The lowest BCUT2D eigenvalue weighted by Gasteiger charge is -2.05. The third kappa shape index (κ3) is 2.86. The number of rotatable bonds is 3. The van der Waals surface area contributed by atoms with Gasteiger partial charge in [0, 0.05) is 11.1 Å². The number of carbonyl (C=O) groups excluding carboxylic acids is 1. The number of phenolic OH excluding ortho intramolecular Hbond substituents is 1. The maximum Gasteiger partial charge on any atom is 0.224 e. The highest BCUT2D eigenvalue weighted by Crippen LogP contribution is 2.23. The molecular formula is C11H12ClNO2. The summed E-state index contributed by atoms with van der Waals surface area (Å²) in [7, 11) is 0. The van der Waals surface area contributed by atoms with Crippen molar-refractivity contribution >= 4 is 17.5 Å². The minimum Gasteiger partial charge on any atom is -0.508 e. The van der Waals surface area contributed by atoms with Gasteiger partial charge in [0.25, 0.3) is 0 Å². The Morgan fingerprint density at radius 3 is 2.87 bits per heavy atom. The van der Waals surface area contributed by atoms with E-state index in [-0.39, 0.29) is 18.1 Å². The zero-order valence-electron chi connectivity index (χ0n) is 8.16. The van der Waals surface area contributed by atoms with Crippen LogP contribution in [0, 0.1) is 0 Å². The first-order valence-electron chi connectivity index (χ1n) is 4.92. The van der Waals surface area contributed by atoms with E-state index in [2.05, 4.69) is 5.32 Å². The predicted molar refractivity (Wildman–Crippen MR) is 58.0 cm³/mol. The highest BCUT2D eigenvalue weighted by Gasteiger charge is 2.23. The number of aromatic hydroxyl groups is 1. The third-order valence-corrected chi connectivity index (χ3v) is 2.68. The van der Waals surface area contributed by atoms with E-state index in [1.807, 2.05) is 0 Å². The molecule has 2 N–H and O–H groups in total. The quantitative estimate of drug-likeness (QED) is 0.825. The summed E-state index contributed by atoms with van der Waals surface area (Å²) in [5.41, 5.74) is 0.743. The van der Waals surface area contributed by atoms with Crippen LogP contribution in [0.1, 0.15) is 18.4 Å². The molecule has 0 spiro atoms. The Bertz CT molecular complexity index is 388. The number of carbonyl (C=O) groups is 1. The van der Waals surface area contributed by atoms with E-state index in [9.17, 15) is 4.79 Å². The Balaban J connectivity index is 1.99. The first kappa shape index (κ1) is 10.3. The number of nitrogens with one attached hydrogen (secondary N) is 1. The maximum atomic E-state index is 11.5. The van der Waals surface area contributed by atoms with Crippen LogP contribution in [0.25, 0.3) is 0 Å². The molecule has 0 aliphatic heterocycles. The molecule has 2 rings (SSSR count). The van der Waals surface area contributed by atoms with Crippen LogP contribution in [-0.4, -0.2) is 17.1 Å². The van der Waals surface area contributed by atoms with Crippen LogP contribution in [0.3, 0.4) is 0 Å². The van der Waals surface area contributed by atoms with Crippen molar-refractivity contribution in [2.75, 3.05) is 0 Å². The summed E-state index contributed by atoms with van der Waals surface area (Å²) in [6.07, 6.45) is 2.43. The highest BCUT2D eigenvalue weighted by molar-refractivity contribution is 6.31. The largest absolute Gasteiger partial charge is 0.508 e. The summed E-state index contributed by atoms with van der Waals surface area (Å²) in [5, 5.41) is 12.5. The Morgan fingerprint density at radius 2 is 2.27 bits per heavy atom. The zero-order chi connectivity index (χ0) is 10.8. The van der Waals surface area contributed by atoms with E-state index >= 15 is 0 Å². The number of phenols is 1. The van der Waals surface area contributed by atoms with Crippen molar-refractivity contribution in [2.24, 2.45) is 0 Å². The van der Waals surface area contributed by atoms with Crippen LogP contribution < -0.4 is 5.32 Å².